The molecule has 2 saturated heterocycles. The minimum Gasteiger partial charge on any atom is -0.392 e. The zero-order valence-corrected chi connectivity index (χ0v) is 28.9. The number of ether oxygens (including phenoxy) is 2. The van der Waals surface area contributed by atoms with E-state index >= 15 is 0 Å². The van der Waals surface area contributed by atoms with Crippen LogP contribution >= 0.6 is 34.8 Å². The Labute approximate surface area is 297 Å². The van der Waals surface area contributed by atoms with E-state index in [1.54, 1.807) is 0 Å². The van der Waals surface area contributed by atoms with Gasteiger partial charge in [0, 0.05) is 57.8 Å². The molecule has 3 unspecified atom stereocenters. The maximum Gasteiger partial charge on any atom is 0.272 e. The molecule has 6 rings (SSSR count). The summed E-state index contributed by atoms with van der Waals surface area (Å²) < 4.78 is 11.2. The first-order valence-corrected chi connectivity index (χ1v) is 17.4. The van der Waals surface area contributed by atoms with Gasteiger partial charge in [0.25, 0.3) is 9.70 Å². The van der Waals surface area contributed by atoms with E-state index < -0.39 is 16.0 Å². The van der Waals surface area contributed by atoms with Gasteiger partial charge >= 0.3 is 0 Å². The average Bonchev–Trinajstić information content (AvgIpc) is 3.11. The molecule has 3 atom stereocenters. The number of piperazine rings is 1. The molecule has 2 aliphatic heterocycles. The first-order valence-electron chi connectivity index (χ1n) is 16.3. The van der Waals surface area contributed by atoms with Crippen LogP contribution in [0.3, 0.4) is 0 Å². The van der Waals surface area contributed by atoms with Gasteiger partial charge in [0.15, 0.2) is 6.29 Å². The predicted octanol–water partition coefficient (Wildman–Crippen LogP) is 7.20. The third kappa shape index (κ3) is 9.17. The molecule has 0 saturated carbocycles. The first kappa shape index (κ1) is 34.9. The molecule has 252 valence electrons. The van der Waals surface area contributed by atoms with Gasteiger partial charge in [0.2, 0.25) is 0 Å². The smallest absolute Gasteiger partial charge is 0.272 e. The van der Waals surface area contributed by atoms with Crippen LogP contribution in [-0.4, -0.2) is 63.4 Å². The normalized spacial score (nSPS) is 20.8. The topological polar surface area (TPSA) is 74.3 Å². The number of rotatable bonds is 10. The second-order valence-corrected chi connectivity index (χ2v) is 14.7. The summed E-state index contributed by atoms with van der Waals surface area (Å²) >= 11 is 17.2. The molecule has 0 aromatic heterocycles. The van der Waals surface area contributed by atoms with Crippen molar-refractivity contribution in [1.29, 1.82) is 0 Å². The van der Waals surface area contributed by atoms with Gasteiger partial charge in [0.05, 0.1) is 18.8 Å². The van der Waals surface area contributed by atoms with Crippen LogP contribution in [0, 0.1) is 0 Å². The molecular weight excluding hydrogens is 669 g/mol. The molecule has 4 aromatic rings. The number of carbonyl (C=O) groups excluding carboxylic acids is 1. The number of alkyl halides is 3. The van der Waals surface area contributed by atoms with Crippen molar-refractivity contribution in [3.8, 4) is 11.1 Å². The fourth-order valence-corrected chi connectivity index (χ4v) is 6.54. The van der Waals surface area contributed by atoms with E-state index in [9.17, 15) is 9.90 Å². The summed E-state index contributed by atoms with van der Waals surface area (Å²) in [6, 6.07) is 34.6. The maximum atomic E-state index is 12.1. The molecule has 7 nitrogen and oxygen atoms in total. The zero-order valence-electron chi connectivity index (χ0n) is 26.6. The summed E-state index contributed by atoms with van der Waals surface area (Å²) in [6.45, 7) is 6.05. The molecule has 10 heteroatoms. The van der Waals surface area contributed by atoms with Crippen molar-refractivity contribution in [3.63, 3.8) is 0 Å². The van der Waals surface area contributed by atoms with Gasteiger partial charge in [-0.3, -0.25) is 14.6 Å². The summed E-state index contributed by atoms with van der Waals surface area (Å²) in [5.41, 5.74) is 7.05. The Morgan fingerprint density at radius 2 is 1.42 bits per heavy atom. The van der Waals surface area contributed by atoms with Crippen LogP contribution in [-0.2, 0) is 34.0 Å². The van der Waals surface area contributed by atoms with Gasteiger partial charge in [-0.05, 0) is 33.4 Å². The number of aliphatic hydroxyl groups is 1. The number of nitrogens with zero attached hydrogens (tertiary/aromatic N) is 2. The highest BCUT2D eigenvalue weighted by Gasteiger charge is 2.34. The van der Waals surface area contributed by atoms with Gasteiger partial charge in [-0.15, -0.1) is 0 Å². The number of hydrogen-bond acceptors (Lipinski definition) is 6. The Morgan fingerprint density at radius 1 is 0.771 bits per heavy atom. The number of amides is 1. The summed E-state index contributed by atoms with van der Waals surface area (Å²) in [5, 5.41) is 12.3. The number of aliphatic hydroxyl groups excluding tert-OH is 1. The van der Waals surface area contributed by atoms with E-state index in [2.05, 4.69) is 45.4 Å². The molecular formula is C38H40Cl3N3O4. The fourth-order valence-electron chi connectivity index (χ4n) is 6.34. The van der Waals surface area contributed by atoms with Crippen LogP contribution in [0.25, 0.3) is 11.1 Å². The number of halogens is 3. The van der Waals surface area contributed by atoms with Crippen molar-refractivity contribution in [1.82, 2.24) is 15.1 Å². The van der Waals surface area contributed by atoms with Crippen LogP contribution in [0.4, 0.5) is 0 Å². The van der Waals surface area contributed by atoms with E-state index in [0.717, 1.165) is 79.1 Å². The van der Waals surface area contributed by atoms with Crippen molar-refractivity contribution in [3.05, 3.63) is 131 Å². The van der Waals surface area contributed by atoms with Crippen LogP contribution < -0.4 is 5.32 Å². The summed E-state index contributed by atoms with van der Waals surface area (Å²) in [7, 11) is 0. The van der Waals surface area contributed by atoms with E-state index in [4.69, 9.17) is 44.3 Å². The van der Waals surface area contributed by atoms with Crippen molar-refractivity contribution >= 4 is 40.7 Å². The van der Waals surface area contributed by atoms with Gasteiger partial charge < -0.3 is 19.9 Å². The molecule has 4 aromatic carbocycles. The second-order valence-electron chi connectivity index (χ2n) is 12.4. The predicted molar refractivity (Wildman–Crippen MR) is 191 cm³/mol. The highest BCUT2D eigenvalue weighted by molar-refractivity contribution is 6.76. The van der Waals surface area contributed by atoms with Gasteiger partial charge in [-0.1, -0.05) is 138 Å². The molecule has 0 spiro atoms. The summed E-state index contributed by atoms with van der Waals surface area (Å²) in [6.07, 6.45) is 0.0278. The molecule has 0 bridgehead atoms. The molecule has 1 amide bonds. The monoisotopic (exact) mass is 707 g/mol. The fraction of sp³-hybridized carbons (Fsp3) is 0.342. The number of nitrogens with one attached hydrogen (secondary N) is 1. The molecule has 2 heterocycles. The lowest BCUT2D eigenvalue weighted by Crippen LogP contribution is -2.49. The van der Waals surface area contributed by atoms with Gasteiger partial charge in [-0.2, -0.15) is 0 Å². The van der Waals surface area contributed by atoms with E-state index in [-0.39, 0.29) is 25.4 Å². The number of carbonyl (C=O) groups is 1. The van der Waals surface area contributed by atoms with Crippen LogP contribution in [0.2, 0.25) is 0 Å². The lowest BCUT2D eigenvalue weighted by atomic mass is 9.97. The minimum absolute atomic E-state index is 0.00513. The molecule has 2 aliphatic rings. The van der Waals surface area contributed by atoms with Crippen molar-refractivity contribution in [2.24, 2.45) is 0 Å². The molecule has 48 heavy (non-hydrogen) atoms. The average molecular weight is 709 g/mol. The summed E-state index contributed by atoms with van der Waals surface area (Å²) in [4.78, 5) is 17.2. The number of benzene rings is 4. The second kappa shape index (κ2) is 16.2. The van der Waals surface area contributed by atoms with Crippen LogP contribution in [0.15, 0.2) is 103 Å². The third-order valence-electron chi connectivity index (χ3n) is 9.00. The van der Waals surface area contributed by atoms with E-state index in [0.29, 0.717) is 0 Å². The van der Waals surface area contributed by atoms with Gasteiger partial charge in [0.1, 0.15) is 0 Å². The Morgan fingerprint density at radius 3 is 2.10 bits per heavy atom. The largest absolute Gasteiger partial charge is 0.392 e. The highest BCUT2D eigenvalue weighted by atomic mass is 35.6. The Balaban J connectivity index is 1.15. The Hall–Kier alpha value is -2.98. The molecule has 0 radical (unpaired) electrons. The minimum atomic E-state index is -2.02. The summed E-state index contributed by atoms with van der Waals surface area (Å²) in [5.74, 6) is -0.673. The third-order valence-corrected chi connectivity index (χ3v) is 9.51. The lowest BCUT2D eigenvalue weighted by Gasteiger charge is -2.40. The zero-order chi connectivity index (χ0) is 33.5. The number of hydrogen-bond donors (Lipinski definition) is 2. The molecule has 0 aliphatic carbocycles. The van der Waals surface area contributed by atoms with Crippen molar-refractivity contribution in [2.45, 2.75) is 48.4 Å². The quantitative estimate of drug-likeness (QED) is 0.170. The molecule has 2 N–H and O–H groups in total. The van der Waals surface area contributed by atoms with Crippen LogP contribution in [0.5, 0.6) is 0 Å². The Kier molecular flexibility index (Phi) is 11.7. The first-order chi connectivity index (χ1) is 23.2. The van der Waals surface area contributed by atoms with Crippen molar-refractivity contribution in [2.75, 3.05) is 32.7 Å². The van der Waals surface area contributed by atoms with Crippen LogP contribution in [0.1, 0.15) is 46.6 Å². The Bertz CT molecular complexity index is 1630. The lowest BCUT2D eigenvalue weighted by molar-refractivity contribution is -0.253. The van der Waals surface area contributed by atoms with Crippen molar-refractivity contribution < 1.29 is 19.4 Å². The highest BCUT2D eigenvalue weighted by Crippen LogP contribution is 2.39. The standard InChI is InChI=1S/C38H40Cl3N3O4/c39-38(40,41)37(46)42-23-32-8-4-5-9-34(32)29-14-16-31(17-15-29)36-47-33(22-35(48-36)30-12-10-28(26-45)11-13-30)25-44-20-18-43(19-21-44)24-27-6-2-1-3-7-27/h1-17,33,35-36,45H,18-26H2,(H,42,46). The van der Waals surface area contributed by atoms with E-state index in [1.165, 1.54) is 5.56 Å². The maximum absolute atomic E-state index is 12.1. The van der Waals surface area contributed by atoms with Gasteiger partial charge in [-0.25, -0.2) is 0 Å². The SMILES string of the molecule is O=C(NCc1ccccc1-c1ccc(C2OC(CN3CCN(Cc4ccccc4)CC3)CC(c3ccc(CO)cc3)O2)cc1)C(Cl)(Cl)Cl. The molecule has 2 fully saturated rings. The van der Waals surface area contributed by atoms with E-state index in [1.807, 2.05) is 72.8 Å².